The molecule has 31 heavy (non-hydrogen) atoms. The minimum absolute atomic E-state index is 0.0991. The molecule has 2 aromatic carbocycles. The van der Waals surface area contributed by atoms with Crippen LogP contribution in [0.3, 0.4) is 0 Å². The number of benzene rings is 2. The highest BCUT2D eigenvalue weighted by molar-refractivity contribution is 7.89. The standard InChI is InChI=1S/C21H23N5O4S/c1-14(27)22-16-8-10-17(11-9-16)31(29,30)26-12-4-5-15(13-26)20(28)25-21-23-18-6-2-3-7-19(18)24-21/h2-3,6-11,15H,4-5,12-13H2,1H3,(H,22,27)(H2,23,24,25,28)/t15-/m1/s1. The first-order valence-corrected chi connectivity index (χ1v) is 11.4. The average Bonchev–Trinajstić information content (AvgIpc) is 3.16. The van der Waals surface area contributed by atoms with Gasteiger partial charge in [-0.25, -0.2) is 13.4 Å². The Labute approximate surface area is 179 Å². The first kappa shape index (κ1) is 21.0. The zero-order valence-corrected chi connectivity index (χ0v) is 17.8. The summed E-state index contributed by atoms with van der Waals surface area (Å²) >= 11 is 0. The van der Waals surface area contributed by atoms with Gasteiger partial charge in [0.05, 0.1) is 21.8 Å². The van der Waals surface area contributed by atoms with Gasteiger partial charge in [-0.1, -0.05) is 12.1 Å². The summed E-state index contributed by atoms with van der Waals surface area (Å²) < 4.78 is 27.4. The number of anilines is 2. The predicted molar refractivity (Wildman–Crippen MR) is 117 cm³/mol. The molecule has 4 rings (SSSR count). The van der Waals surface area contributed by atoms with Crippen molar-refractivity contribution < 1.29 is 18.0 Å². The first-order chi connectivity index (χ1) is 14.8. The van der Waals surface area contributed by atoms with Crippen molar-refractivity contribution in [2.24, 2.45) is 5.92 Å². The Morgan fingerprint density at radius 1 is 1.10 bits per heavy atom. The van der Waals surface area contributed by atoms with E-state index in [9.17, 15) is 18.0 Å². The van der Waals surface area contributed by atoms with E-state index in [4.69, 9.17) is 0 Å². The van der Waals surface area contributed by atoms with Gasteiger partial charge in [0.15, 0.2) is 0 Å². The van der Waals surface area contributed by atoms with Crippen molar-refractivity contribution in [1.82, 2.24) is 14.3 Å². The number of piperidine rings is 1. The molecule has 1 aliphatic heterocycles. The number of amides is 2. The van der Waals surface area contributed by atoms with Crippen molar-refractivity contribution in [3.8, 4) is 0 Å². The molecule has 1 fully saturated rings. The smallest absolute Gasteiger partial charge is 0.243 e. The third kappa shape index (κ3) is 4.59. The van der Waals surface area contributed by atoms with Crippen LogP contribution in [0.25, 0.3) is 11.0 Å². The van der Waals surface area contributed by atoms with Crippen LogP contribution in [-0.4, -0.2) is 47.6 Å². The Kier molecular flexibility index (Phi) is 5.75. The Hall–Kier alpha value is -3.24. The van der Waals surface area contributed by atoms with Gasteiger partial charge >= 0.3 is 0 Å². The minimum atomic E-state index is -3.75. The van der Waals surface area contributed by atoms with Gasteiger partial charge in [-0.15, -0.1) is 0 Å². The molecule has 3 N–H and O–H groups in total. The van der Waals surface area contributed by atoms with Crippen LogP contribution in [-0.2, 0) is 19.6 Å². The van der Waals surface area contributed by atoms with E-state index >= 15 is 0 Å². The fraction of sp³-hybridized carbons (Fsp3) is 0.286. The number of nitrogens with zero attached hydrogens (tertiary/aromatic N) is 2. The molecule has 0 spiro atoms. The molecule has 1 aromatic heterocycles. The maximum absolute atomic E-state index is 13.1. The van der Waals surface area contributed by atoms with Crippen LogP contribution in [0.4, 0.5) is 11.6 Å². The van der Waals surface area contributed by atoms with E-state index in [0.29, 0.717) is 31.0 Å². The molecule has 9 nitrogen and oxygen atoms in total. The van der Waals surface area contributed by atoms with Gasteiger partial charge in [0, 0.05) is 25.7 Å². The number of hydrogen-bond donors (Lipinski definition) is 3. The lowest BCUT2D eigenvalue weighted by molar-refractivity contribution is -0.121. The summed E-state index contributed by atoms with van der Waals surface area (Å²) in [6.07, 6.45) is 1.18. The quantitative estimate of drug-likeness (QED) is 0.561. The summed E-state index contributed by atoms with van der Waals surface area (Å²) in [5.41, 5.74) is 2.08. The Bertz CT molecular complexity index is 1190. The molecule has 0 bridgehead atoms. The lowest BCUT2D eigenvalue weighted by Gasteiger charge is -2.31. The van der Waals surface area contributed by atoms with E-state index < -0.39 is 15.9 Å². The van der Waals surface area contributed by atoms with Crippen molar-refractivity contribution >= 4 is 44.5 Å². The molecule has 0 aliphatic carbocycles. The van der Waals surface area contributed by atoms with E-state index in [1.807, 2.05) is 24.3 Å². The number of aromatic nitrogens is 2. The van der Waals surface area contributed by atoms with Crippen molar-refractivity contribution in [3.63, 3.8) is 0 Å². The highest BCUT2D eigenvalue weighted by atomic mass is 32.2. The number of aromatic amines is 1. The van der Waals surface area contributed by atoms with Gasteiger partial charge in [-0.05, 0) is 49.2 Å². The molecule has 162 valence electrons. The second-order valence-electron chi connectivity index (χ2n) is 7.50. The molecule has 1 saturated heterocycles. The van der Waals surface area contributed by atoms with Crippen molar-refractivity contribution in [3.05, 3.63) is 48.5 Å². The number of sulfonamides is 1. The molecular formula is C21H23N5O4S. The Morgan fingerprint density at radius 2 is 1.84 bits per heavy atom. The van der Waals surface area contributed by atoms with E-state index in [1.165, 1.54) is 23.4 Å². The van der Waals surface area contributed by atoms with Crippen LogP contribution in [0, 0.1) is 5.92 Å². The van der Waals surface area contributed by atoms with Crippen molar-refractivity contribution in [1.29, 1.82) is 0 Å². The molecule has 0 saturated carbocycles. The molecule has 10 heteroatoms. The molecule has 1 atom stereocenters. The number of H-pyrrole nitrogens is 1. The summed E-state index contributed by atoms with van der Waals surface area (Å²) in [5, 5.41) is 5.38. The van der Waals surface area contributed by atoms with Gasteiger partial charge in [0.1, 0.15) is 0 Å². The van der Waals surface area contributed by atoms with Gasteiger partial charge in [-0.2, -0.15) is 4.31 Å². The van der Waals surface area contributed by atoms with Gasteiger partial charge in [0.2, 0.25) is 27.8 Å². The number of rotatable bonds is 5. The first-order valence-electron chi connectivity index (χ1n) is 9.96. The average molecular weight is 442 g/mol. The number of carbonyl (C=O) groups excluding carboxylic acids is 2. The van der Waals surface area contributed by atoms with Crippen LogP contribution in [0.15, 0.2) is 53.4 Å². The summed E-state index contributed by atoms with van der Waals surface area (Å²) in [6, 6.07) is 13.4. The summed E-state index contributed by atoms with van der Waals surface area (Å²) in [7, 11) is -3.75. The van der Waals surface area contributed by atoms with Crippen molar-refractivity contribution in [2.45, 2.75) is 24.7 Å². The van der Waals surface area contributed by atoms with E-state index in [1.54, 1.807) is 12.1 Å². The highest BCUT2D eigenvalue weighted by Gasteiger charge is 2.33. The Morgan fingerprint density at radius 3 is 2.55 bits per heavy atom. The van der Waals surface area contributed by atoms with E-state index in [0.717, 1.165) is 11.0 Å². The molecule has 0 radical (unpaired) electrons. The fourth-order valence-corrected chi connectivity index (χ4v) is 5.19. The minimum Gasteiger partial charge on any atom is -0.326 e. The lowest BCUT2D eigenvalue weighted by atomic mass is 9.99. The largest absolute Gasteiger partial charge is 0.326 e. The molecule has 1 aliphatic rings. The normalized spacial score (nSPS) is 17.4. The number of nitrogens with one attached hydrogen (secondary N) is 3. The van der Waals surface area contributed by atoms with Crippen LogP contribution in [0.5, 0.6) is 0 Å². The molecule has 0 unspecified atom stereocenters. The van der Waals surface area contributed by atoms with Crippen LogP contribution < -0.4 is 10.6 Å². The second-order valence-corrected chi connectivity index (χ2v) is 9.44. The number of fused-ring (bicyclic) bond motifs is 1. The van der Waals surface area contributed by atoms with Crippen molar-refractivity contribution in [2.75, 3.05) is 23.7 Å². The molecule has 2 amide bonds. The zero-order chi connectivity index (χ0) is 22.0. The maximum atomic E-state index is 13.1. The number of imidazole rings is 1. The predicted octanol–water partition coefficient (Wildman–Crippen LogP) is 2.56. The molecule has 2 heterocycles. The van der Waals surface area contributed by atoms with Gasteiger partial charge in [0.25, 0.3) is 0 Å². The summed E-state index contributed by atoms with van der Waals surface area (Å²) in [4.78, 5) is 31.4. The lowest BCUT2D eigenvalue weighted by Crippen LogP contribution is -2.43. The highest BCUT2D eigenvalue weighted by Crippen LogP contribution is 2.25. The second kappa shape index (κ2) is 8.48. The summed E-state index contributed by atoms with van der Waals surface area (Å²) in [5.74, 6) is -0.625. The zero-order valence-electron chi connectivity index (χ0n) is 17.0. The Balaban J connectivity index is 1.45. The third-order valence-corrected chi connectivity index (χ3v) is 7.08. The SMILES string of the molecule is CC(=O)Nc1ccc(S(=O)(=O)N2CCC[C@@H](C(=O)Nc3nc4ccccc4[nH]3)C2)cc1. The monoisotopic (exact) mass is 441 g/mol. The maximum Gasteiger partial charge on any atom is 0.243 e. The van der Waals surface area contributed by atoms with Crippen LogP contribution >= 0.6 is 0 Å². The van der Waals surface area contributed by atoms with E-state index in [2.05, 4.69) is 20.6 Å². The topological polar surface area (TPSA) is 124 Å². The molecular weight excluding hydrogens is 418 g/mol. The van der Waals surface area contributed by atoms with Gasteiger partial charge < -0.3 is 10.3 Å². The molecule has 3 aromatic rings. The van der Waals surface area contributed by atoms with Crippen LogP contribution in [0.1, 0.15) is 19.8 Å². The van der Waals surface area contributed by atoms with E-state index in [-0.39, 0.29) is 23.3 Å². The number of carbonyl (C=O) groups is 2. The summed E-state index contributed by atoms with van der Waals surface area (Å²) in [6.45, 7) is 1.83. The number of para-hydroxylation sites is 2. The third-order valence-electron chi connectivity index (χ3n) is 5.20. The fourth-order valence-electron chi connectivity index (χ4n) is 3.67. The number of hydrogen-bond acceptors (Lipinski definition) is 5. The van der Waals surface area contributed by atoms with Gasteiger partial charge in [-0.3, -0.25) is 14.9 Å². The van der Waals surface area contributed by atoms with Crippen LogP contribution in [0.2, 0.25) is 0 Å².